The molecule has 6 nitrogen and oxygen atoms in total. The summed E-state index contributed by atoms with van der Waals surface area (Å²) in [5, 5.41) is 18.8. The van der Waals surface area contributed by atoms with Crippen molar-refractivity contribution in [2.24, 2.45) is 11.8 Å². The lowest BCUT2D eigenvalue weighted by Crippen LogP contribution is -2.44. The highest BCUT2D eigenvalue weighted by Gasteiger charge is 2.64. The number of carboxylic acid groups (broad SMARTS) is 1. The van der Waals surface area contributed by atoms with Crippen LogP contribution in [0.15, 0.2) is 0 Å². The van der Waals surface area contributed by atoms with E-state index in [9.17, 15) is 14.7 Å². The Kier molecular flexibility index (Phi) is 3.01. The SMILES string of the molecule is CC(C)(C)OC(=O)N1CCC(O)C2C(C(=O)O)C21. The molecule has 1 saturated heterocycles. The zero-order chi connectivity index (χ0) is 13.7. The highest BCUT2D eigenvalue weighted by atomic mass is 16.6. The van der Waals surface area contributed by atoms with Crippen LogP contribution in [0.4, 0.5) is 4.79 Å². The van der Waals surface area contributed by atoms with Crippen molar-refractivity contribution < 1.29 is 24.5 Å². The number of amides is 1. The molecule has 2 N–H and O–H groups in total. The van der Waals surface area contributed by atoms with Crippen LogP contribution in [0.3, 0.4) is 0 Å². The van der Waals surface area contributed by atoms with Gasteiger partial charge in [-0.25, -0.2) is 4.79 Å². The van der Waals surface area contributed by atoms with E-state index in [1.54, 1.807) is 20.8 Å². The number of hydrogen-bond donors (Lipinski definition) is 2. The Labute approximate surface area is 106 Å². The molecule has 102 valence electrons. The number of carbonyl (C=O) groups is 2. The summed E-state index contributed by atoms with van der Waals surface area (Å²) in [5.41, 5.74) is -0.601. The Morgan fingerprint density at radius 2 is 1.94 bits per heavy atom. The lowest BCUT2D eigenvalue weighted by atomic mass is 10.1. The number of hydrogen-bond acceptors (Lipinski definition) is 4. The Bertz CT molecular complexity index is 375. The molecule has 1 heterocycles. The summed E-state index contributed by atoms with van der Waals surface area (Å²) in [6, 6.07) is -0.416. The number of aliphatic hydroxyl groups is 1. The molecular weight excluding hydrogens is 238 g/mol. The maximum absolute atomic E-state index is 12.0. The van der Waals surface area contributed by atoms with E-state index in [-0.39, 0.29) is 5.92 Å². The number of fused-ring (bicyclic) bond motifs is 1. The van der Waals surface area contributed by atoms with Crippen LogP contribution in [0.2, 0.25) is 0 Å². The first-order chi connectivity index (χ1) is 8.22. The van der Waals surface area contributed by atoms with Gasteiger partial charge in [-0.05, 0) is 27.2 Å². The first kappa shape index (κ1) is 13.1. The number of nitrogens with zero attached hydrogens (tertiary/aromatic N) is 1. The molecule has 2 rings (SSSR count). The van der Waals surface area contributed by atoms with Crippen molar-refractivity contribution in [3.05, 3.63) is 0 Å². The van der Waals surface area contributed by atoms with Crippen LogP contribution < -0.4 is 0 Å². The number of carbonyl (C=O) groups excluding carboxylic acids is 1. The average molecular weight is 257 g/mol. The molecule has 4 atom stereocenters. The Hall–Kier alpha value is -1.30. The molecule has 0 spiro atoms. The summed E-state index contributed by atoms with van der Waals surface area (Å²) < 4.78 is 5.25. The van der Waals surface area contributed by atoms with E-state index in [1.165, 1.54) is 4.90 Å². The quantitative estimate of drug-likeness (QED) is 0.721. The predicted molar refractivity (Wildman–Crippen MR) is 62.0 cm³/mol. The van der Waals surface area contributed by atoms with Gasteiger partial charge in [0.15, 0.2) is 0 Å². The van der Waals surface area contributed by atoms with Crippen LogP contribution in [0.25, 0.3) is 0 Å². The molecular formula is C12H19NO5. The Balaban J connectivity index is 2.07. The van der Waals surface area contributed by atoms with Crippen molar-refractivity contribution in [1.29, 1.82) is 0 Å². The molecule has 18 heavy (non-hydrogen) atoms. The molecule has 0 aromatic rings. The minimum absolute atomic E-state index is 0.344. The van der Waals surface area contributed by atoms with Crippen molar-refractivity contribution in [2.75, 3.05) is 6.54 Å². The summed E-state index contributed by atoms with van der Waals surface area (Å²) in [7, 11) is 0. The van der Waals surface area contributed by atoms with Crippen LogP contribution in [-0.2, 0) is 9.53 Å². The van der Waals surface area contributed by atoms with E-state index in [0.717, 1.165) is 0 Å². The smallest absolute Gasteiger partial charge is 0.410 e. The molecule has 1 saturated carbocycles. The van der Waals surface area contributed by atoms with E-state index in [4.69, 9.17) is 9.84 Å². The molecule has 2 aliphatic rings. The van der Waals surface area contributed by atoms with Gasteiger partial charge in [-0.2, -0.15) is 0 Å². The summed E-state index contributed by atoms with van der Waals surface area (Å²) in [6.45, 7) is 5.65. The standard InChI is InChI=1S/C12H19NO5/c1-12(2,3)18-11(17)13-5-4-6(14)7-8(9(7)13)10(15)16/h6-9,14H,4-5H2,1-3H3,(H,15,16). The van der Waals surface area contributed by atoms with Gasteiger partial charge in [0.25, 0.3) is 0 Å². The van der Waals surface area contributed by atoms with Crippen LogP contribution in [0.1, 0.15) is 27.2 Å². The summed E-state index contributed by atoms with van der Waals surface area (Å²) in [5.74, 6) is -1.96. The number of aliphatic hydroxyl groups excluding tert-OH is 1. The zero-order valence-corrected chi connectivity index (χ0v) is 10.8. The molecule has 1 amide bonds. The predicted octanol–water partition coefficient (Wildman–Crippen LogP) is 0.687. The van der Waals surface area contributed by atoms with E-state index in [0.29, 0.717) is 13.0 Å². The van der Waals surface area contributed by atoms with Gasteiger partial charge in [-0.1, -0.05) is 0 Å². The van der Waals surface area contributed by atoms with Gasteiger partial charge in [0.05, 0.1) is 18.1 Å². The fraction of sp³-hybridized carbons (Fsp3) is 0.833. The van der Waals surface area contributed by atoms with Crippen LogP contribution >= 0.6 is 0 Å². The Morgan fingerprint density at radius 1 is 1.33 bits per heavy atom. The average Bonchev–Trinajstić information content (AvgIpc) is 2.90. The number of carboxylic acids is 1. The van der Waals surface area contributed by atoms with Crippen molar-refractivity contribution >= 4 is 12.1 Å². The highest BCUT2D eigenvalue weighted by molar-refractivity contribution is 5.79. The zero-order valence-electron chi connectivity index (χ0n) is 10.8. The number of ether oxygens (including phenoxy) is 1. The normalized spacial score (nSPS) is 34.8. The molecule has 0 aromatic carbocycles. The van der Waals surface area contributed by atoms with Crippen molar-refractivity contribution in [3.8, 4) is 0 Å². The number of piperidine rings is 1. The van der Waals surface area contributed by atoms with E-state index in [2.05, 4.69) is 0 Å². The third-order valence-electron chi connectivity index (χ3n) is 3.42. The molecule has 1 aliphatic carbocycles. The number of likely N-dealkylation sites (tertiary alicyclic amines) is 1. The van der Waals surface area contributed by atoms with Crippen molar-refractivity contribution in [2.45, 2.75) is 44.9 Å². The minimum atomic E-state index is -0.959. The second kappa shape index (κ2) is 4.12. The fourth-order valence-corrected chi connectivity index (χ4v) is 2.64. The molecule has 2 fully saturated rings. The maximum atomic E-state index is 12.0. The Morgan fingerprint density at radius 3 is 2.44 bits per heavy atom. The van der Waals surface area contributed by atoms with Gasteiger partial charge in [0.2, 0.25) is 0 Å². The lowest BCUT2D eigenvalue weighted by molar-refractivity contribution is -0.139. The molecule has 6 heteroatoms. The third kappa shape index (κ3) is 2.29. The summed E-state index contributed by atoms with van der Waals surface area (Å²) in [4.78, 5) is 24.4. The molecule has 1 aliphatic heterocycles. The lowest BCUT2D eigenvalue weighted by Gasteiger charge is -2.31. The monoisotopic (exact) mass is 257 g/mol. The molecule has 0 radical (unpaired) electrons. The molecule has 0 aromatic heterocycles. The molecule has 4 unspecified atom stereocenters. The van der Waals surface area contributed by atoms with Gasteiger partial charge in [0, 0.05) is 12.5 Å². The summed E-state index contributed by atoms with van der Waals surface area (Å²) in [6.07, 6.45) is -0.715. The van der Waals surface area contributed by atoms with E-state index in [1.807, 2.05) is 0 Å². The van der Waals surface area contributed by atoms with Crippen LogP contribution in [0, 0.1) is 11.8 Å². The summed E-state index contributed by atoms with van der Waals surface area (Å²) >= 11 is 0. The van der Waals surface area contributed by atoms with Gasteiger partial charge in [-0.3, -0.25) is 4.79 Å². The van der Waals surface area contributed by atoms with Crippen molar-refractivity contribution in [3.63, 3.8) is 0 Å². The van der Waals surface area contributed by atoms with Crippen molar-refractivity contribution in [1.82, 2.24) is 4.90 Å². The van der Waals surface area contributed by atoms with Gasteiger partial charge >= 0.3 is 12.1 Å². The van der Waals surface area contributed by atoms with E-state index < -0.39 is 35.7 Å². The second-order valence-electron chi connectivity index (χ2n) is 5.96. The van der Waals surface area contributed by atoms with Gasteiger partial charge in [0.1, 0.15) is 5.60 Å². The molecule has 0 bridgehead atoms. The first-order valence-electron chi connectivity index (χ1n) is 6.13. The van der Waals surface area contributed by atoms with Crippen LogP contribution in [0.5, 0.6) is 0 Å². The number of aliphatic carboxylic acids is 1. The largest absolute Gasteiger partial charge is 0.481 e. The second-order valence-corrected chi connectivity index (χ2v) is 5.96. The minimum Gasteiger partial charge on any atom is -0.481 e. The first-order valence-corrected chi connectivity index (χ1v) is 6.13. The van der Waals surface area contributed by atoms with Gasteiger partial charge in [-0.15, -0.1) is 0 Å². The topological polar surface area (TPSA) is 87.1 Å². The fourth-order valence-electron chi connectivity index (χ4n) is 2.64. The number of rotatable bonds is 1. The van der Waals surface area contributed by atoms with E-state index >= 15 is 0 Å². The highest BCUT2D eigenvalue weighted by Crippen LogP contribution is 2.49. The van der Waals surface area contributed by atoms with Gasteiger partial charge < -0.3 is 19.8 Å². The van der Waals surface area contributed by atoms with Crippen LogP contribution in [-0.4, -0.2) is 51.5 Å². The maximum Gasteiger partial charge on any atom is 0.410 e. The third-order valence-corrected chi connectivity index (χ3v) is 3.42.